The molecule has 1 aromatic carbocycles. The Labute approximate surface area is 174 Å². The van der Waals surface area contributed by atoms with E-state index in [9.17, 15) is 4.79 Å². The van der Waals surface area contributed by atoms with Crippen LogP contribution in [0, 0.1) is 5.41 Å². The Morgan fingerprint density at radius 2 is 2.00 bits per heavy atom. The molecule has 1 aliphatic heterocycles. The molecule has 0 bridgehead atoms. The first kappa shape index (κ1) is 19.8. The highest BCUT2D eigenvalue weighted by molar-refractivity contribution is 7.99. The minimum atomic E-state index is -0.344. The van der Waals surface area contributed by atoms with E-state index in [0.717, 1.165) is 29.0 Å². The van der Waals surface area contributed by atoms with E-state index in [-0.39, 0.29) is 17.2 Å². The number of fused-ring (bicyclic) bond motifs is 1. The minimum absolute atomic E-state index is 0.0890. The van der Waals surface area contributed by atoms with Crippen molar-refractivity contribution in [1.82, 2.24) is 14.8 Å². The number of thioether (sulfide) groups is 1. The Hall–Kier alpha value is -2.48. The molecule has 0 spiro atoms. The van der Waals surface area contributed by atoms with Crippen LogP contribution in [-0.2, 0) is 4.79 Å². The van der Waals surface area contributed by atoms with Crippen LogP contribution in [0.25, 0.3) is 0 Å². The number of Topliss-reactive ketones (excluding diaryl/α,β-unsaturated/α-hetero) is 1. The van der Waals surface area contributed by atoms with Gasteiger partial charge in [-0.05, 0) is 35.3 Å². The highest BCUT2D eigenvalue weighted by Crippen LogP contribution is 2.46. The number of rotatable bonds is 5. The van der Waals surface area contributed by atoms with Crippen LogP contribution in [0.3, 0.4) is 0 Å². The van der Waals surface area contributed by atoms with E-state index in [4.69, 9.17) is 14.6 Å². The van der Waals surface area contributed by atoms with E-state index in [1.807, 2.05) is 22.9 Å². The second-order valence-electron chi connectivity index (χ2n) is 8.07. The van der Waals surface area contributed by atoms with Crippen molar-refractivity contribution < 1.29 is 14.3 Å². The maximum Gasteiger partial charge on any atom is 0.227 e. The summed E-state index contributed by atoms with van der Waals surface area (Å²) < 4.78 is 12.7. The number of methoxy groups -OCH3 is 2. The molecule has 0 amide bonds. The zero-order valence-electron chi connectivity index (χ0n) is 17.4. The van der Waals surface area contributed by atoms with Crippen molar-refractivity contribution in [3.8, 4) is 11.5 Å². The number of anilines is 1. The number of carbonyl (C=O) groups excluding carboxylic acids is 1. The third-order valence-electron chi connectivity index (χ3n) is 5.31. The van der Waals surface area contributed by atoms with Gasteiger partial charge in [-0.25, -0.2) is 4.68 Å². The normalized spacial score (nSPS) is 20.0. The monoisotopic (exact) mass is 414 g/mol. The zero-order valence-corrected chi connectivity index (χ0v) is 18.2. The van der Waals surface area contributed by atoms with Crippen LogP contribution < -0.4 is 14.8 Å². The van der Waals surface area contributed by atoms with E-state index in [1.165, 1.54) is 0 Å². The van der Waals surface area contributed by atoms with E-state index >= 15 is 0 Å². The molecule has 0 saturated heterocycles. The average molecular weight is 415 g/mol. The van der Waals surface area contributed by atoms with Crippen LogP contribution in [0.4, 0.5) is 5.95 Å². The molecule has 0 fully saturated rings. The Balaban J connectivity index is 1.89. The molecule has 1 N–H and O–H groups in total. The first-order valence-corrected chi connectivity index (χ1v) is 10.7. The van der Waals surface area contributed by atoms with E-state index in [0.29, 0.717) is 29.0 Å². The second kappa shape index (κ2) is 7.40. The minimum Gasteiger partial charge on any atom is -0.493 e. The van der Waals surface area contributed by atoms with Gasteiger partial charge in [-0.3, -0.25) is 4.79 Å². The maximum atomic E-state index is 13.2. The molecule has 2 aliphatic rings. The molecular formula is C21H26N4O3S. The van der Waals surface area contributed by atoms with Crippen LogP contribution in [0.5, 0.6) is 11.5 Å². The number of hydrogen-bond acceptors (Lipinski definition) is 7. The first-order chi connectivity index (χ1) is 13.9. The largest absolute Gasteiger partial charge is 0.493 e. The SMILES string of the molecule is CCSc1nc2n(n1)C(c1ccc(OC)c(OC)c1)C1=C(CC(C)(C)CC1=O)N2. The molecule has 2 heterocycles. The summed E-state index contributed by atoms with van der Waals surface area (Å²) in [7, 11) is 3.22. The van der Waals surface area contributed by atoms with Gasteiger partial charge in [-0.1, -0.05) is 38.6 Å². The molecule has 1 unspecified atom stereocenters. The quantitative estimate of drug-likeness (QED) is 0.739. The number of ketones is 1. The summed E-state index contributed by atoms with van der Waals surface area (Å²) in [6.07, 6.45) is 1.30. The van der Waals surface area contributed by atoms with Crippen molar-refractivity contribution in [2.24, 2.45) is 5.41 Å². The van der Waals surface area contributed by atoms with Crippen molar-refractivity contribution in [3.63, 3.8) is 0 Å². The predicted octanol–water partition coefficient (Wildman–Crippen LogP) is 4.07. The second-order valence-corrected chi connectivity index (χ2v) is 9.30. The number of benzene rings is 1. The summed E-state index contributed by atoms with van der Waals surface area (Å²) in [4.78, 5) is 17.9. The van der Waals surface area contributed by atoms with Gasteiger partial charge in [0.2, 0.25) is 11.1 Å². The fourth-order valence-electron chi connectivity index (χ4n) is 4.11. The molecule has 154 valence electrons. The highest BCUT2D eigenvalue weighted by Gasteiger charge is 2.42. The van der Waals surface area contributed by atoms with Crippen molar-refractivity contribution in [1.29, 1.82) is 0 Å². The summed E-state index contributed by atoms with van der Waals surface area (Å²) in [5.41, 5.74) is 2.54. The number of nitrogens with zero attached hydrogens (tertiary/aromatic N) is 3. The molecule has 1 aromatic heterocycles. The third kappa shape index (κ3) is 3.50. The molecule has 0 radical (unpaired) electrons. The molecule has 4 rings (SSSR count). The van der Waals surface area contributed by atoms with Crippen LogP contribution in [0.2, 0.25) is 0 Å². The number of allylic oxidation sites excluding steroid dienone is 2. The average Bonchev–Trinajstić information content (AvgIpc) is 3.07. The number of aromatic nitrogens is 3. The lowest BCUT2D eigenvalue weighted by molar-refractivity contribution is -0.118. The molecule has 7 nitrogen and oxygen atoms in total. The Morgan fingerprint density at radius 3 is 2.69 bits per heavy atom. The van der Waals surface area contributed by atoms with Crippen molar-refractivity contribution in [3.05, 3.63) is 35.0 Å². The van der Waals surface area contributed by atoms with Crippen LogP contribution in [0.1, 0.15) is 45.2 Å². The Kier molecular flexibility index (Phi) is 5.06. The van der Waals surface area contributed by atoms with Gasteiger partial charge in [-0.15, -0.1) is 5.10 Å². The van der Waals surface area contributed by atoms with Crippen molar-refractivity contribution in [2.75, 3.05) is 25.3 Å². The number of nitrogens with one attached hydrogen (secondary N) is 1. The Bertz CT molecular complexity index is 996. The highest BCUT2D eigenvalue weighted by atomic mass is 32.2. The Morgan fingerprint density at radius 1 is 1.24 bits per heavy atom. The van der Waals surface area contributed by atoms with Gasteiger partial charge >= 0.3 is 0 Å². The van der Waals surface area contributed by atoms with Gasteiger partial charge in [-0.2, -0.15) is 4.98 Å². The summed E-state index contributed by atoms with van der Waals surface area (Å²) >= 11 is 1.58. The lowest BCUT2D eigenvalue weighted by Crippen LogP contribution is -2.36. The van der Waals surface area contributed by atoms with Gasteiger partial charge < -0.3 is 14.8 Å². The molecule has 0 saturated carbocycles. The summed E-state index contributed by atoms with van der Waals surface area (Å²) in [5.74, 6) is 2.97. The van der Waals surface area contributed by atoms with Crippen LogP contribution >= 0.6 is 11.8 Å². The molecule has 1 atom stereocenters. The number of carbonyl (C=O) groups is 1. The van der Waals surface area contributed by atoms with Gasteiger partial charge in [0, 0.05) is 17.7 Å². The third-order valence-corrected chi connectivity index (χ3v) is 6.03. The maximum absolute atomic E-state index is 13.2. The fourth-order valence-corrected chi connectivity index (χ4v) is 4.67. The molecule has 29 heavy (non-hydrogen) atoms. The molecule has 8 heteroatoms. The summed E-state index contributed by atoms with van der Waals surface area (Å²) in [6.45, 7) is 6.32. The summed E-state index contributed by atoms with van der Waals surface area (Å²) in [5, 5.41) is 8.80. The van der Waals surface area contributed by atoms with E-state index < -0.39 is 0 Å². The van der Waals surface area contributed by atoms with Crippen molar-refractivity contribution in [2.45, 2.75) is 44.8 Å². The summed E-state index contributed by atoms with van der Waals surface area (Å²) in [6, 6.07) is 5.41. The van der Waals surface area contributed by atoms with Gasteiger partial charge in [0.25, 0.3) is 0 Å². The van der Waals surface area contributed by atoms with Crippen molar-refractivity contribution >= 4 is 23.5 Å². The predicted molar refractivity (Wildman–Crippen MR) is 113 cm³/mol. The fraction of sp³-hybridized carbons (Fsp3) is 0.476. The first-order valence-electron chi connectivity index (χ1n) is 9.71. The molecular weight excluding hydrogens is 388 g/mol. The van der Waals surface area contributed by atoms with E-state index in [1.54, 1.807) is 26.0 Å². The van der Waals surface area contributed by atoms with Crippen LogP contribution in [-0.4, -0.2) is 40.5 Å². The van der Waals surface area contributed by atoms with Crippen LogP contribution in [0.15, 0.2) is 34.6 Å². The van der Waals surface area contributed by atoms with Gasteiger partial charge in [0.15, 0.2) is 17.3 Å². The lowest BCUT2D eigenvalue weighted by atomic mass is 9.73. The molecule has 2 aromatic rings. The standard InChI is InChI=1S/C21H26N4O3S/c1-6-29-20-23-19-22-13-10-21(2,3)11-14(26)17(13)18(25(19)24-20)12-7-8-15(27-4)16(9-12)28-5/h7-9,18H,6,10-11H2,1-5H3,(H,22,23,24). The number of ether oxygens (including phenoxy) is 2. The topological polar surface area (TPSA) is 78.3 Å². The van der Waals surface area contributed by atoms with E-state index in [2.05, 4.69) is 31.1 Å². The zero-order chi connectivity index (χ0) is 20.8. The molecule has 1 aliphatic carbocycles. The van der Waals surface area contributed by atoms with Gasteiger partial charge in [0.1, 0.15) is 6.04 Å². The van der Waals surface area contributed by atoms with Gasteiger partial charge in [0.05, 0.1) is 14.2 Å². The number of hydrogen-bond donors (Lipinski definition) is 1. The smallest absolute Gasteiger partial charge is 0.227 e. The lowest BCUT2D eigenvalue weighted by Gasteiger charge is -2.38.